The number of unbranched alkanes of at least 4 members (excludes halogenated alkanes) is 5. The van der Waals surface area contributed by atoms with E-state index in [2.05, 4.69) is 103 Å². The van der Waals surface area contributed by atoms with Crippen molar-refractivity contribution in [3.05, 3.63) is 53.6 Å². The van der Waals surface area contributed by atoms with Gasteiger partial charge in [-0.3, -0.25) is 4.79 Å². The molecule has 0 bridgehead atoms. The second-order valence-corrected chi connectivity index (χ2v) is 20.3. The number of nitrogens with zero attached hydrogens (tertiary/aromatic N) is 7. The first-order valence-electron chi connectivity index (χ1n) is 29.1. The topological polar surface area (TPSA) is 157 Å². The van der Waals surface area contributed by atoms with Crippen LogP contribution in [0, 0.1) is 52.3 Å². The van der Waals surface area contributed by atoms with Crippen molar-refractivity contribution in [1.82, 2.24) is 0 Å². The summed E-state index contributed by atoms with van der Waals surface area (Å²) in [6.45, 7) is 27.4. The van der Waals surface area contributed by atoms with Crippen LogP contribution in [0.2, 0.25) is 0 Å². The molecule has 0 aliphatic carbocycles. The van der Waals surface area contributed by atoms with E-state index >= 15 is 0 Å². The summed E-state index contributed by atoms with van der Waals surface area (Å²) in [5.74, 6) is 3.10. The van der Waals surface area contributed by atoms with Gasteiger partial charge in [0.25, 0.3) is 0 Å². The molecule has 0 aromatic heterocycles. The maximum absolute atomic E-state index is 14.4. The Morgan fingerprint density at radius 3 is 1.43 bits per heavy atom. The minimum Gasteiger partial charge on any atom is -0.492 e. The number of hydrogen-bond acceptors (Lipinski definition) is 11. The number of nitrogens with one attached hydrogen (secondary N) is 1. The quantitative estimate of drug-likeness (QED) is 0.0557. The van der Waals surface area contributed by atoms with Crippen LogP contribution in [0.5, 0.6) is 17.2 Å². The molecule has 12 heteroatoms. The molecule has 0 saturated heterocycles. The summed E-state index contributed by atoms with van der Waals surface area (Å²) in [6, 6.07) is 16.7. The molecule has 0 aliphatic rings. The molecule has 5 atom stereocenters. The zero-order valence-electron chi connectivity index (χ0n) is 47.9. The lowest BCUT2D eigenvalue weighted by Crippen LogP contribution is -2.34. The van der Waals surface area contributed by atoms with Crippen molar-refractivity contribution >= 4 is 40.0 Å². The summed E-state index contributed by atoms with van der Waals surface area (Å²) in [5, 5.41) is 42.2. The summed E-state index contributed by atoms with van der Waals surface area (Å²) in [7, 11) is 0. The highest BCUT2D eigenvalue weighted by atomic mass is 16.5. The molecule has 1 N–H and O–H groups in total. The summed E-state index contributed by atoms with van der Waals surface area (Å²) in [6.07, 6.45) is 21.0. The van der Waals surface area contributed by atoms with Crippen LogP contribution >= 0.6 is 0 Å². The number of nitriles is 2. The molecule has 3 aromatic carbocycles. The van der Waals surface area contributed by atoms with E-state index in [0.29, 0.717) is 94.7 Å². The average molecular weight is 1020 g/mol. The molecule has 0 fully saturated rings. The smallest absolute Gasteiger partial charge is 0.227 e. The highest BCUT2D eigenvalue weighted by Gasteiger charge is 2.25. The standard InChI is InChI=1S/C62H96N8O4/c1-12-23-28-46(17-6)42-70(43-47(18-7)29-24-13-2)58-36-54(65-62(71)51(21-10)32-27-16-5)55(37-61(58)72-22-11)67-69-57-39-59(73-44-48(19-8)30-25-14-3)56(38-60(57)74-45-49(20-9)31-26-15-4)68-66-53-34-33-50(40-63)35-52(53)41-64/h33-39,46-49,51H,12-32,42-45H2,1-11H3,(H,65,71)/b68-66+,69-67+. The van der Waals surface area contributed by atoms with Gasteiger partial charge in [0.2, 0.25) is 5.91 Å². The van der Waals surface area contributed by atoms with Gasteiger partial charge >= 0.3 is 0 Å². The highest BCUT2D eigenvalue weighted by Crippen LogP contribution is 2.45. The van der Waals surface area contributed by atoms with Crippen molar-refractivity contribution in [2.45, 2.75) is 205 Å². The number of carbonyl (C=O) groups excluding carboxylic acids is 1. The Balaban J connectivity index is 2.43. The van der Waals surface area contributed by atoms with Gasteiger partial charge in [0, 0.05) is 37.2 Å². The van der Waals surface area contributed by atoms with Gasteiger partial charge in [0.05, 0.1) is 48.4 Å². The average Bonchev–Trinajstić information content (AvgIpc) is 3.42. The summed E-state index contributed by atoms with van der Waals surface area (Å²) in [5.41, 5.74) is 3.85. The van der Waals surface area contributed by atoms with Gasteiger partial charge < -0.3 is 24.4 Å². The zero-order chi connectivity index (χ0) is 54.1. The normalized spacial score (nSPS) is 13.5. The van der Waals surface area contributed by atoms with E-state index < -0.39 is 0 Å². The monoisotopic (exact) mass is 1020 g/mol. The van der Waals surface area contributed by atoms with Crippen molar-refractivity contribution in [2.24, 2.45) is 50.0 Å². The third kappa shape index (κ3) is 21.0. The van der Waals surface area contributed by atoms with Gasteiger partial charge in [0.1, 0.15) is 46.1 Å². The molecule has 74 heavy (non-hydrogen) atoms. The Hall–Kier alpha value is -5.49. The number of rotatable bonds is 39. The van der Waals surface area contributed by atoms with E-state index in [1.165, 1.54) is 18.9 Å². The molecule has 0 aliphatic heterocycles. The first-order valence-corrected chi connectivity index (χ1v) is 29.1. The second-order valence-electron chi connectivity index (χ2n) is 20.3. The van der Waals surface area contributed by atoms with Crippen LogP contribution in [0.25, 0.3) is 0 Å². The lowest BCUT2D eigenvalue weighted by atomic mass is 9.95. The predicted octanol–water partition coefficient (Wildman–Crippen LogP) is 19.2. The van der Waals surface area contributed by atoms with Crippen LogP contribution in [0.15, 0.2) is 62.9 Å². The molecular formula is C62H96N8O4. The van der Waals surface area contributed by atoms with Crippen LogP contribution < -0.4 is 24.4 Å². The number of azo groups is 2. The van der Waals surface area contributed by atoms with Crippen LogP contribution in [-0.4, -0.2) is 38.8 Å². The lowest BCUT2D eigenvalue weighted by Gasteiger charge is -2.34. The summed E-state index contributed by atoms with van der Waals surface area (Å²) in [4.78, 5) is 16.9. The van der Waals surface area contributed by atoms with Gasteiger partial charge in [-0.15, -0.1) is 20.5 Å². The predicted molar refractivity (Wildman–Crippen MR) is 307 cm³/mol. The van der Waals surface area contributed by atoms with Gasteiger partial charge in [0.15, 0.2) is 0 Å². The van der Waals surface area contributed by atoms with Crippen LogP contribution in [-0.2, 0) is 4.79 Å². The minimum absolute atomic E-state index is 0.0229. The Morgan fingerprint density at radius 2 is 0.986 bits per heavy atom. The highest BCUT2D eigenvalue weighted by molar-refractivity contribution is 5.96. The number of ether oxygens (including phenoxy) is 3. The third-order valence-corrected chi connectivity index (χ3v) is 14.6. The number of amides is 1. The summed E-state index contributed by atoms with van der Waals surface area (Å²) < 4.78 is 20.0. The molecule has 3 aromatic rings. The van der Waals surface area contributed by atoms with Crippen LogP contribution in [0.1, 0.15) is 216 Å². The number of anilines is 2. The van der Waals surface area contributed by atoms with Crippen LogP contribution in [0.3, 0.4) is 0 Å². The second kappa shape index (κ2) is 36.5. The zero-order valence-corrected chi connectivity index (χ0v) is 47.9. The van der Waals surface area contributed by atoms with Crippen molar-refractivity contribution in [3.63, 3.8) is 0 Å². The molecule has 12 nitrogen and oxygen atoms in total. The number of benzene rings is 3. The maximum Gasteiger partial charge on any atom is 0.227 e. The third-order valence-electron chi connectivity index (χ3n) is 14.6. The fraction of sp³-hybridized carbons (Fsp3) is 0.661. The van der Waals surface area contributed by atoms with E-state index in [-0.39, 0.29) is 17.4 Å². The van der Waals surface area contributed by atoms with Crippen molar-refractivity contribution in [3.8, 4) is 29.4 Å². The molecule has 0 heterocycles. The lowest BCUT2D eigenvalue weighted by molar-refractivity contribution is -0.120. The first-order chi connectivity index (χ1) is 36.0. The Bertz CT molecular complexity index is 2210. The largest absolute Gasteiger partial charge is 0.492 e. The number of hydrogen-bond donors (Lipinski definition) is 1. The van der Waals surface area contributed by atoms with Crippen LogP contribution in [0.4, 0.5) is 34.1 Å². The van der Waals surface area contributed by atoms with Crippen molar-refractivity contribution < 1.29 is 19.0 Å². The Labute approximate surface area is 448 Å². The van der Waals surface area contributed by atoms with E-state index in [9.17, 15) is 15.3 Å². The molecule has 1 amide bonds. The molecule has 408 valence electrons. The molecule has 0 radical (unpaired) electrons. The van der Waals surface area contributed by atoms with E-state index in [1.807, 2.05) is 25.1 Å². The minimum atomic E-state index is -0.152. The van der Waals surface area contributed by atoms with Gasteiger partial charge in [-0.05, 0) is 93.4 Å². The summed E-state index contributed by atoms with van der Waals surface area (Å²) >= 11 is 0. The Kier molecular flexibility index (Phi) is 30.9. The fourth-order valence-electron chi connectivity index (χ4n) is 9.33. The number of carbonyl (C=O) groups is 1. The van der Waals surface area contributed by atoms with Crippen molar-refractivity contribution in [2.75, 3.05) is 43.1 Å². The fourth-order valence-corrected chi connectivity index (χ4v) is 9.33. The molecule has 0 saturated carbocycles. The van der Waals surface area contributed by atoms with Gasteiger partial charge in [-0.1, -0.05) is 159 Å². The molecule has 3 rings (SSSR count). The van der Waals surface area contributed by atoms with Gasteiger partial charge in [-0.25, -0.2) is 0 Å². The van der Waals surface area contributed by atoms with Gasteiger partial charge in [-0.2, -0.15) is 10.5 Å². The maximum atomic E-state index is 14.4. The van der Waals surface area contributed by atoms with E-state index in [1.54, 1.807) is 12.1 Å². The molecular weight excluding hydrogens is 921 g/mol. The van der Waals surface area contributed by atoms with E-state index in [4.69, 9.17) is 29.6 Å². The van der Waals surface area contributed by atoms with E-state index in [0.717, 1.165) is 134 Å². The molecule has 5 unspecified atom stereocenters. The SMILES string of the molecule is CCCCC(CC)COc1cc(/N=N/c2cc(OCC)c(N(CC(CC)CCCC)CC(CC)CCCC)cc2NC(=O)C(CC)CCCC)c(OCC(CC)CCCC)cc1/N=N/c1ccc(C#N)cc1C#N. The Morgan fingerprint density at radius 1 is 0.527 bits per heavy atom. The molecule has 0 spiro atoms. The van der Waals surface area contributed by atoms with Crippen molar-refractivity contribution in [1.29, 1.82) is 10.5 Å². The first kappa shape index (κ1) is 62.8.